The van der Waals surface area contributed by atoms with Gasteiger partial charge in [0.2, 0.25) is 5.91 Å². The molecule has 0 heterocycles. The fourth-order valence-electron chi connectivity index (χ4n) is 3.12. The van der Waals surface area contributed by atoms with Gasteiger partial charge in [0.05, 0.1) is 6.04 Å². The van der Waals surface area contributed by atoms with Crippen LogP contribution < -0.4 is 22.1 Å². The molecule has 0 saturated heterocycles. The van der Waals surface area contributed by atoms with E-state index in [1.807, 2.05) is 12.2 Å². The van der Waals surface area contributed by atoms with E-state index in [-0.39, 0.29) is 25.2 Å². The van der Waals surface area contributed by atoms with Gasteiger partial charge in [0.1, 0.15) is 0 Å². The van der Waals surface area contributed by atoms with E-state index in [4.69, 9.17) is 11.5 Å². The summed E-state index contributed by atoms with van der Waals surface area (Å²) in [4.78, 5) is 13.5. The van der Waals surface area contributed by atoms with Crippen molar-refractivity contribution in [2.45, 2.75) is 44.8 Å². The van der Waals surface area contributed by atoms with E-state index < -0.39 is 17.8 Å². The number of thioether (sulfide) groups is 1. The maximum absolute atomic E-state index is 13.6. The Morgan fingerprint density at radius 3 is 2.71 bits per heavy atom. The van der Waals surface area contributed by atoms with Gasteiger partial charge in [0.25, 0.3) is 0 Å². The Bertz CT molecular complexity index is 831. The molecule has 1 atom stereocenters. The van der Waals surface area contributed by atoms with Crippen LogP contribution in [0.3, 0.4) is 0 Å². The first-order chi connectivity index (χ1) is 14.6. The summed E-state index contributed by atoms with van der Waals surface area (Å²) in [5, 5.41) is 5.92. The molecule has 31 heavy (non-hydrogen) atoms. The first-order valence-corrected chi connectivity index (χ1v) is 11.6. The van der Waals surface area contributed by atoms with Gasteiger partial charge in [-0.1, -0.05) is 39.8 Å². The van der Waals surface area contributed by atoms with Crippen LogP contribution in [0.25, 0.3) is 0 Å². The van der Waals surface area contributed by atoms with Crippen molar-refractivity contribution in [3.63, 3.8) is 0 Å². The molecular formula is C21H28BrF3N4OS. The number of allylic oxidation sites excluding steroid dienone is 6. The smallest absolute Gasteiger partial charge is 0.401 e. The van der Waals surface area contributed by atoms with Crippen LogP contribution in [-0.2, 0) is 4.79 Å². The van der Waals surface area contributed by atoms with Gasteiger partial charge in [-0.2, -0.15) is 13.2 Å². The van der Waals surface area contributed by atoms with Gasteiger partial charge >= 0.3 is 6.18 Å². The van der Waals surface area contributed by atoms with Crippen molar-refractivity contribution in [3.05, 3.63) is 55.4 Å². The minimum Gasteiger partial charge on any atom is -0.401 e. The maximum Gasteiger partial charge on any atom is 0.412 e. The number of carbonyl (C=O) groups excluding carboxylic acids is 1. The van der Waals surface area contributed by atoms with Gasteiger partial charge in [0.15, 0.2) is 0 Å². The van der Waals surface area contributed by atoms with Crippen LogP contribution in [0.15, 0.2) is 55.4 Å². The average Bonchev–Trinajstić information content (AvgIpc) is 2.94. The summed E-state index contributed by atoms with van der Waals surface area (Å²) in [5.41, 5.74) is 12.2. The minimum absolute atomic E-state index is 0.170. The summed E-state index contributed by atoms with van der Waals surface area (Å²) in [6.07, 6.45) is 3.04. The summed E-state index contributed by atoms with van der Waals surface area (Å²) in [5.74, 6) is -0.214. The average molecular weight is 521 g/mol. The van der Waals surface area contributed by atoms with Crippen LogP contribution in [0.4, 0.5) is 13.2 Å². The van der Waals surface area contributed by atoms with Gasteiger partial charge in [-0.05, 0) is 37.5 Å². The highest BCUT2D eigenvalue weighted by molar-refractivity contribution is 9.11. The lowest BCUT2D eigenvalue weighted by Gasteiger charge is -2.20. The quantitative estimate of drug-likeness (QED) is 0.361. The third-order valence-corrected chi connectivity index (χ3v) is 6.64. The molecule has 0 bridgehead atoms. The van der Waals surface area contributed by atoms with Gasteiger partial charge in [-0.15, -0.1) is 0 Å². The highest BCUT2D eigenvalue weighted by Crippen LogP contribution is 2.41. The lowest BCUT2D eigenvalue weighted by Crippen LogP contribution is -2.37. The van der Waals surface area contributed by atoms with Crippen LogP contribution in [0.1, 0.15) is 32.6 Å². The SMILES string of the molecule is CC1=C(SC2=C(N)CC=CC(Br)=C2)C=C(C(F)(F)F)CCC1NC(=O)CCNCCN. The molecule has 6 N–H and O–H groups in total. The topological polar surface area (TPSA) is 93.2 Å². The van der Waals surface area contributed by atoms with Crippen molar-refractivity contribution in [2.75, 3.05) is 19.6 Å². The number of hydrogen-bond donors (Lipinski definition) is 4. The zero-order chi connectivity index (χ0) is 23.0. The zero-order valence-corrected chi connectivity index (χ0v) is 19.7. The zero-order valence-electron chi connectivity index (χ0n) is 17.3. The van der Waals surface area contributed by atoms with Crippen LogP contribution in [0, 0.1) is 0 Å². The summed E-state index contributed by atoms with van der Waals surface area (Å²) in [7, 11) is 0. The molecule has 0 spiro atoms. The number of nitrogens with one attached hydrogen (secondary N) is 2. The van der Waals surface area contributed by atoms with Crippen molar-refractivity contribution < 1.29 is 18.0 Å². The molecule has 1 amide bonds. The Morgan fingerprint density at radius 1 is 1.29 bits per heavy atom. The molecule has 10 heteroatoms. The third-order valence-electron chi connectivity index (χ3n) is 4.89. The first kappa shape index (κ1) is 25.8. The summed E-state index contributed by atoms with van der Waals surface area (Å²) in [6.45, 7) is 3.29. The van der Waals surface area contributed by atoms with Crippen LogP contribution in [0.2, 0.25) is 0 Å². The molecule has 172 valence electrons. The number of carbonyl (C=O) groups is 1. The molecule has 0 fully saturated rings. The second kappa shape index (κ2) is 11.9. The van der Waals surface area contributed by atoms with Crippen LogP contribution in [0.5, 0.6) is 0 Å². The normalized spacial score (nSPS) is 20.3. The largest absolute Gasteiger partial charge is 0.412 e. The van der Waals surface area contributed by atoms with Gasteiger partial charge in [0, 0.05) is 58.0 Å². The second-order valence-electron chi connectivity index (χ2n) is 7.29. The van der Waals surface area contributed by atoms with E-state index in [0.29, 0.717) is 47.1 Å². The molecule has 0 aromatic carbocycles. The molecule has 2 aliphatic carbocycles. The first-order valence-electron chi connectivity index (χ1n) is 10.0. The van der Waals surface area contributed by atoms with Crippen molar-refractivity contribution in [1.29, 1.82) is 0 Å². The van der Waals surface area contributed by atoms with E-state index in [1.54, 1.807) is 13.0 Å². The lowest BCUT2D eigenvalue weighted by atomic mass is 10.0. The molecule has 5 nitrogen and oxygen atoms in total. The molecular weight excluding hydrogens is 493 g/mol. The fraction of sp³-hybridized carbons (Fsp3) is 0.476. The van der Waals surface area contributed by atoms with Gasteiger partial charge in [-0.3, -0.25) is 4.79 Å². The molecule has 1 unspecified atom stereocenters. The number of halogens is 4. The molecule has 0 aliphatic heterocycles. The Labute approximate surface area is 193 Å². The predicted molar refractivity (Wildman–Crippen MR) is 124 cm³/mol. The third kappa shape index (κ3) is 8.17. The molecule has 0 radical (unpaired) electrons. The minimum atomic E-state index is -4.43. The van der Waals surface area contributed by atoms with E-state index in [0.717, 1.165) is 4.48 Å². The van der Waals surface area contributed by atoms with E-state index in [1.165, 1.54) is 17.8 Å². The molecule has 2 rings (SSSR count). The van der Waals surface area contributed by atoms with Crippen molar-refractivity contribution in [2.24, 2.45) is 11.5 Å². The van der Waals surface area contributed by atoms with Crippen LogP contribution in [-0.4, -0.2) is 37.8 Å². The monoisotopic (exact) mass is 520 g/mol. The van der Waals surface area contributed by atoms with Crippen molar-refractivity contribution in [1.82, 2.24) is 10.6 Å². The fourth-order valence-corrected chi connectivity index (χ4v) is 4.83. The van der Waals surface area contributed by atoms with Gasteiger partial charge < -0.3 is 22.1 Å². The van der Waals surface area contributed by atoms with Crippen LogP contribution >= 0.6 is 27.7 Å². The van der Waals surface area contributed by atoms with E-state index in [2.05, 4.69) is 26.6 Å². The molecule has 2 aliphatic rings. The van der Waals surface area contributed by atoms with E-state index >= 15 is 0 Å². The number of rotatable bonds is 8. The Morgan fingerprint density at radius 2 is 2.03 bits per heavy atom. The highest BCUT2D eigenvalue weighted by Gasteiger charge is 2.36. The Hall–Kier alpha value is -1.49. The number of hydrogen-bond acceptors (Lipinski definition) is 5. The van der Waals surface area contributed by atoms with Crippen molar-refractivity contribution >= 4 is 33.6 Å². The predicted octanol–water partition coefficient (Wildman–Crippen LogP) is 4.11. The molecule has 0 aromatic heterocycles. The lowest BCUT2D eigenvalue weighted by molar-refractivity contribution is -0.121. The molecule has 0 aromatic rings. The van der Waals surface area contributed by atoms with Gasteiger partial charge in [-0.25, -0.2) is 0 Å². The summed E-state index contributed by atoms with van der Waals surface area (Å²) < 4.78 is 41.5. The standard InChI is InChI=1S/C21H28BrF3N4OS/c1-13-17(29-20(30)7-9-28-10-8-26)6-5-14(21(23,24)25)11-18(13)31-19-12-15(22)3-2-4-16(19)27/h2-3,11-12,17,28H,4-10,26-27H2,1H3,(H,29,30). The highest BCUT2D eigenvalue weighted by atomic mass is 79.9. The Kier molecular flexibility index (Phi) is 9.92. The maximum atomic E-state index is 13.6. The number of amides is 1. The second-order valence-corrected chi connectivity index (χ2v) is 9.29. The number of nitrogens with two attached hydrogens (primary N) is 2. The summed E-state index contributed by atoms with van der Waals surface area (Å²) >= 11 is 4.61. The van der Waals surface area contributed by atoms with E-state index in [9.17, 15) is 18.0 Å². The number of alkyl halides is 3. The Balaban J connectivity index is 2.27. The van der Waals surface area contributed by atoms with Crippen molar-refractivity contribution in [3.8, 4) is 0 Å². The summed E-state index contributed by atoms with van der Waals surface area (Å²) in [6, 6.07) is -0.487. The molecule has 0 saturated carbocycles.